The van der Waals surface area contributed by atoms with Crippen molar-refractivity contribution in [2.75, 3.05) is 0 Å². The van der Waals surface area contributed by atoms with Crippen LogP contribution in [0.15, 0.2) is 0 Å². The molecule has 1 N–H and O–H groups in total. The molecule has 0 bridgehead atoms. The van der Waals surface area contributed by atoms with Crippen molar-refractivity contribution in [3.05, 3.63) is 0 Å². The van der Waals surface area contributed by atoms with Gasteiger partial charge in [0.15, 0.2) is 24.4 Å². The third kappa shape index (κ3) is 5.15. The van der Waals surface area contributed by atoms with E-state index in [0.717, 1.165) is 20.8 Å². The van der Waals surface area contributed by atoms with Crippen LogP contribution in [0.25, 0.3) is 0 Å². The van der Waals surface area contributed by atoms with Crippen LogP contribution in [0.2, 0.25) is 0 Å². The number of hydrogen-bond donors (Lipinski definition) is 1. The zero-order chi connectivity index (χ0) is 17.7. The Labute approximate surface area is 139 Å². The number of esters is 3. The van der Waals surface area contributed by atoms with Gasteiger partial charge in [-0.2, -0.15) is 0 Å². The lowest BCUT2D eigenvalue weighted by molar-refractivity contribution is -0.277. The molecule has 0 amide bonds. The maximum Gasteiger partial charge on any atom is 0.337 e. The number of hydrogen-bond acceptors (Lipinski definition) is 9. The second kappa shape index (κ2) is 8.22. The van der Waals surface area contributed by atoms with E-state index in [-0.39, 0.29) is 0 Å². The maximum absolute atomic E-state index is 11.3. The quantitative estimate of drug-likeness (QED) is 0.494. The molecule has 23 heavy (non-hydrogen) atoms. The average Bonchev–Trinajstić information content (AvgIpc) is 2.40. The van der Waals surface area contributed by atoms with E-state index in [1.807, 2.05) is 0 Å². The molecule has 0 aromatic heterocycles. The third-order valence-corrected chi connectivity index (χ3v) is 3.10. The van der Waals surface area contributed by atoms with Crippen molar-refractivity contribution in [2.45, 2.75) is 51.5 Å². The minimum atomic E-state index is -1.70. The van der Waals surface area contributed by atoms with Gasteiger partial charge in [0, 0.05) is 20.8 Å². The lowest BCUT2D eigenvalue weighted by Crippen LogP contribution is -2.63. The molecule has 5 atom stereocenters. The standard InChI is InChI=1S/C12H15BrO10/c1-4(14)19-7-8(20-5(2)15)10(21-6(3)16)12(23-13)22-9(7)11(17)18/h7-10,12H,1-3H3,(H,17,18)/t7-,8-,9-,10+,12?/m0/s1. The van der Waals surface area contributed by atoms with Crippen LogP contribution in [-0.4, -0.2) is 59.7 Å². The fourth-order valence-electron chi connectivity index (χ4n) is 2.04. The number of halogens is 1. The van der Waals surface area contributed by atoms with Crippen molar-refractivity contribution in [1.82, 2.24) is 0 Å². The van der Waals surface area contributed by atoms with Crippen molar-refractivity contribution in [1.29, 1.82) is 0 Å². The number of carboxylic acids is 1. The fraction of sp³-hybridized carbons (Fsp3) is 0.667. The van der Waals surface area contributed by atoms with E-state index in [4.69, 9.17) is 22.8 Å². The van der Waals surface area contributed by atoms with Crippen molar-refractivity contribution >= 4 is 40.1 Å². The van der Waals surface area contributed by atoms with Gasteiger partial charge in [-0.15, -0.1) is 0 Å². The molecule has 130 valence electrons. The molecule has 0 aromatic carbocycles. The Kier molecular flexibility index (Phi) is 6.91. The minimum absolute atomic E-state index is 0.763. The largest absolute Gasteiger partial charge is 0.479 e. The van der Waals surface area contributed by atoms with Gasteiger partial charge in [-0.1, -0.05) is 0 Å². The number of aliphatic carboxylic acids is 1. The molecule has 1 saturated heterocycles. The Morgan fingerprint density at radius 3 is 1.70 bits per heavy atom. The lowest BCUT2D eigenvalue weighted by atomic mass is 9.98. The maximum atomic E-state index is 11.3. The second-order valence-electron chi connectivity index (χ2n) is 4.57. The topological polar surface area (TPSA) is 135 Å². The molecule has 0 radical (unpaired) electrons. The highest BCUT2D eigenvalue weighted by molar-refractivity contribution is 9.06. The van der Waals surface area contributed by atoms with Gasteiger partial charge in [0.1, 0.15) is 16.3 Å². The summed E-state index contributed by atoms with van der Waals surface area (Å²) < 4.78 is 24.7. The van der Waals surface area contributed by atoms with Gasteiger partial charge in [0.05, 0.1) is 0 Å². The van der Waals surface area contributed by atoms with Crippen LogP contribution in [0.3, 0.4) is 0 Å². The first kappa shape index (κ1) is 19.3. The van der Waals surface area contributed by atoms with Crippen LogP contribution in [0.4, 0.5) is 0 Å². The van der Waals surface area contributed by atoms with E-state index in [1.54, 1.807) is 0 Å². The van der Waals surface area contributed by atoms with E-state index in [2.05, 4.69) is 16.3 Å². The first-order chi connectivity index (χ1) is 10.7. The highest BCUT2D eigenvalue weighted by Gasteiger charge is 2.54. The fourth-order valence-corrected chi connectivity index (χ4v) is 2.35. The van der Waals surface area contributed by atoms with Gasteiger partial charge in [0.2, 0.25) is 6.29 Å². The number of ether oxygens (including phenoxy) is 4. The average molecular weight is 399 g/mol. The van der Waals surface area contributed by atoms with Crippen molar-refractivity contribution in [2.24, 2.45) is 0 Å². The van der Waals surface area contributed by atoms with Gasteiger partial charge in [0.25, 0.3) is 0 Å². The summed E-state index contributed by atoms with van der Waals surface area (Å²) in [6.07, 6.45) is -7.42. The van der Waals surface area contributed by atoms with Gasteiger partial charge >= 0.3 is 23.9 Å². The Bertz CT molecular complexity index is 492. The first-order valence-corrected chi connectivity index (χ1v) is 6.99. The van der Waals surface area contributed by atoms with E-state index < -0.39 is 54.6 Å². The summed E-state index contributed by atoms with van der Waals surface area (Å²) in [5.74, 6) is -3.88. The highest BCUT2D eigenvalue weighted by Crippen LogP contribution is 2.30. The molecule has 10 nitrogen and oxygen atoms in total. The predicted molar refractivity (Wildman–Crippen MR) is 73.0 cm³/mol. The molecule has 1 fully saturated rings. The molecular weight excluding hydrogens is 384 g/mol. The van der Waals surface area contributed by atoms with Gasteiger partial charge < -0.3 is 24.1 Å². The predicted octanol–water partition coefficient (Wildman–Crippen LogP) is -0.0825. The number of carboxylic acid groups (broad SMARTS) is 1. The molecule has 1 aliphatic heterocycles. The van der Waals surface area contributed by atoms with Crippen LogP contribution in [0.1, 0.15) is 20.8 Å². The number of rotatable bonds is 5. The summed E-state index contributed by atoms with van der Waals surface area (Å²) in [6, 6.07) is 0. The summed E-state index contributed by atoms with van der Waals surface area (Å²) in [7, 11) is 0. The molecule has 1 unspecified atom stereocenters. The van der Waals surface area contributed by atoms with Crippen LogP contribution >= 0.6 is 16.3 Å². The Morgan fingerprint density at radius 1 is 0.870 bits per heavy atom. The monoisotopic (exact) mass is 398 g/mol. The SMILES string of the molecule is CC(=O)O[C@H]1[C@H](OC(C)=O)[C@@H](OC(C)=O)C(OBr)O[C@@H]1C(=O)O. The van der Waals surface area contributed by atoms with E-state index in [9.17, 15) is 24.3 Å². The molecule has 0 spiro atoms. The summed E-state index contributed by atoms with van der Waals surface area (Å²) in [5.41, 5.74) is 0. The van der Waals surface area contributed by atoms with Crippen LogP contribution < -0.4 is 0 Å². The van der Waals surface area contributed by atoms with Crippen LogP contribution in [0.5, 0.6) is 0 Å². The molecule has 0 saturated carbocycles. The molecule has 11 heteroatoms. The van der Waals surface area contributed by atoms with Crippen molar-refractivity contribution in [3.63, 3.8) is 0 Å². The van der Waals surface area contributed by atoms with Crippen LogP contribution in [-0.2, 0) is 42.0 Å². The summed E-state index contributed by atoms with van der Waals surface area (Å²) in [4.78, 5) is 45.1. The summed E-state index contributed by atoms with van der Waals surface area (Å²) in [5, 5.41) is 9.22. The van der Waals surface area contributed by atoms with Crippen molar-refractivity contribution in [3.8, 4) is 0 Å². The third-order valence-electron chi connectivity index (χ3n) is 2.73. The molecule has 1 heterocycles. The zero-order valence-electron chi connectivity index (χ0n) is 12.4. The Hall–Kier alpha value is -1.72. The van der Waals surface area contributed by atoms with Gasteiger partial charge in [-0.25, -0.2) is 4.79 Å². The molecule has 1 aliphatic rings. The minimum Gasteiger partial charge on any atom is -0.479 e. The van der Waals surface area contributed by atoms with Crippen molar-refractivity contribution < 1.29 is 47.1 Å². The smallest absolute Gasteiger partial charge is 0.337 e. The lowest BCUT2D eigenvalue weighted by Gasteiger charge is -2.41. The summed E-state index contributed by atoms with van der Waals surface area (Å²) >= 11 is 2.62. The molecule has 0 aromatic rings. The Morgan fingerprint density at radius 2 is 1.30 bits per heavy atom. The van der Waals surface area contributed by atoms with Gasteiger partial charge in [-0.05, 0) is 0 Å². The summed E-state index contributed by atoms with van der Waals surface area (Å²) in [6.45, 7) is 3.18. The second-order valence-corrected chi connectivity index (χ2v) is 4.95. The number of carbonyl (C=O) groups is 4. The van der Waals surface area contributed by atoms with E-state index in [0.29, 0.717) is 0 Å². The van der Waals surface area contributed by atoms with E-state index in [1.165, 1.54) is 0 Å². The molecule has 1 rings (SSSR count). The highest BCUT2D eigenvalue weighted by atomic mass is 79.9. The Balaban J connectivity index is 3.25. The normalized spacial score (nSPS) is 30.2. The number of carbonyl (C=O) groups excluding carboxylic acids is 3. The van der Waals surface area contributed by atoms with Crippen LogP contribution in [0, 0.1) is 0 Å². The molecule has 0 aliphatic carbocycles. The zero-order valence-corrected chi connectivity index (χ0v) is 14.0. The van der Waals surface area contributed by atoms with Gasteiger partial charge in [-0.3, -0.25) is 18.2 Å². The first-order valence-electron chi connectivity index (χ1n) is 6.34. The molecular formula is C12H15BrO10. The van der Waals surface area contributed by atoms with E-state index >= 15 is 0 Å².